The van der Waals surface area contributed by atoms with E-state index in [0.717, 1.165) is 54.9 Å². The molecule has 2 aromatic rings. The first kappa shape index (κ1) is 16.1. The zero-order valence-electron chi connectivity index (χ0n) is 14.5. The van der Waals surface area contributed by atoms with Crippen molar-refractivity contribution in [3.8, 4) is 17.0 Å². The summed E-state index contributed by atoms with van der Waals surface area (Å²) in [5.74, 6) is 0.950. The van der Waals surface area contributed by atoms with Crippen molar-refractivity contribution in [1.29, 1.82) is 0 Å². The molecule has 0 saturated carbocycles. The smallest absolute Gasteiger partial charge is 0.253 e. The Hall–Kier alpha value is -2.40. The fourth-order valence-corrected chi connectivity index (χ4v) is 3.73. The van der Waals surface area contributed by atoms with Crippen molar-refractivity contribution in [2.45, 2.75) is 32.3 Å². The van der Waals surface area contributed by atoms with Gasteiger partial charge >= 0.3 is 0 Å². The van der Waals surface area contributed by atoms with Gasteiger partial charge in [-0.15, -0.1) is 0 Å². The largest absolute Gasteiger partial charge is 0.488 e. The summed E-state index contributed by atoms with van der Waals surface area (Å²) in [6.07, 6.45) is 4.73. The van der Waals surface area contributed by atoms with Crippen molar-refractivity contribution in [2.75, 3.05) is 19.6 Å². The molecule has 1 atom stereocenters. The summed E-state index contributed by atoms with van der Waals surface area (Å²) in [5.41, 5.74) is 10.5. The summed E-state index contributed by atoms with van der Waals surface area (Å²) in [7, 11) is 0. The molecule has 5 nitrogen and oxygen atoms in total. The van der Waals surface area contributed by atoms with E-state index in [1.165, 1.54) is 5.56 Å². The van der Waals surface area contributed by atoms with Gasteiger partial charge < -0.3 is 15.4 Å². The van der Waals surface area contributed by atoms with Crippen molar-refractivity contribution in [3.63, 3.8) is 0 Å². The number of nitrogens with two attached hydrogens (primary N) is 1. The second kappa shape index (κ2) is 6.48. The average Bonchev–Trinajstić information content (AvgIpc) is 3.29. The number of fused-ring (bicyclic) bond motifs is 1. The number of likely N-dealkylation sites (tertiary alicyclic amines) is 1. The number of carbonyl (C=O) groups is 1. The van der Waals surface area contributed by atoms with Crippen LogP contribution in [0.5, 0.6) is 5.75 Å². The zero-order chi connectivity index (χ0) is 17.4. The Morgan fingerprint density at radius 1 is 1.32 bits per heavy atom. The van der Waals surface area contributed by atoms with Gasteiger partial charge in [0.1, 0.15) is 11.9 Å². The Labute approximate surface area is 147 Å². The number of pyridine rings is 1. The van der Waals surface area contributed by atoms with Crippen molar-refractivity contribution in [2.24, 2.45) is 5.73 Å². The number of ether oxygens (including phenoxy) is 1. The summed E-state index contributed by atoms with van der Waals surface area (Å²) in [4.78, 5) is 19.1. The third-order valence-corrected chi connectivity index (χ3v) is 4.98. The molecule has 1 amide bonds. The molecule has 0 bridgehead atoms. The maximum atomic E-state index is 12.7. The standard InChI is InChI=1S/C20H23N3O2/c1-13-8-15-10-16(12-21)25-19(15)17(9-13)18-11-14(4-5-22-18)20(24)23-6-2-3-7-23/h4-5,8-9,11,16H,2-3,6-7,10,12,21H2,1H3/t16-/m0/s1. The van der Waals surface area contributed by atoms with Crippen LogP contribution in [-0.2, 0) is 6.42 Å². The number of hydrogen-bond donors (Lipinski definition) is 1. The highest BCUT2D eigenvalue weighted by atomic mass is 16.5. The number of carbonyl (C=O) groups excluding carboxylic acids is 1. The fourth-order valence-electron chi connectivity index (χ4n) is 3.73. The van der Waals surface area contributed by atoms with Gasteiger partial charge in [-0.05, 0) is 49.1 Å². The first-order valence-electron chi connectivity index (χ1n) is 8.91. The van der Waals surface area contributed by atoms with E-state index in [-0.39, 0.29) is 12.0 Å². The summed E-state index contributed by atoms with van der Waals surface area (Å²) >= 11 is 0. The van der Waals surface area contributed by atoms with Crippen LogP contribution < -0.4 is 10.5 Å². The molecule has 130 valence electrons. The number of hydrogen-bond acceptors (Lipinski definition) is 4. The van der Waals surface area contributed by atoms with Crippen LogP contribution in [0.3, 0.4) is 0 Å². The lowest BCUT2D eigenvalue weighted by molar-refractivity contribution is 0.0792. The Morgan fingerprint density at radius 2 is 2.12 bits per heavy atom. The predicted molar refractivity (Wildman–Crippen MR) is 96.7 cm³/mol. The van der Waals surface area contributed by atoms with Gasteiger partial charge in [0, 0.05) is 43.4 Å². The summed E-state index contributed by atoms with van der Waals surface area (Å²) in [6, 6.07) is 7.90. The molecule has 2 N–H and O–H groups in total. The van der Waals surface area contributed by atoms with Gasteiger partial charge in [-0.1, -0.05) is 6.07 Å². The average molecular weight is 337 g/mol. The number of amides is 1. The third kappa shape index (κ3) is 3.00. The van der Waals surface area contributed by atoms with Gasteiger partial charge in [-0.25, -0.2) is 0 Å². The van der Waals surface area contributed by atoms with Gasteiger partial charge in [0.15, 0.2) is 0 Å². The van der Waals surface area contributed by atoms with Crippen molar-refractivity contribution < 1.29 is 9.53 Å². The lowest BCUT2D eigenvalue weighted by Crippen LogP contribution is -2.27. The number of aryl methyl sites for hydroxylation is 1. The van der Waals surface area contributed by atoms with Crippen molar-refractivity contribution in [1.82, 2.24) is 9.88 Å². The number of nitrogens with zero attached hydrogens (tertiary/aromatic N) is 2. The molecular formula is C20H23N3O2. The second-order valence-electron chi connectivity index (χ2n) is 6.91. The molecule has 0 radical (unpaired) electrons. The Bertz CT molecular complexity index is 813. The molecule has 1 aromatic carbocycles. The van der Waals surface area contributed by atoms with Gasteiger partial charge in [-0.2, -0.15) is 0 Å². The van der Waals surface area contributed by atoms with E-state index in [1.54, 1.807) is 12.3 Å². The van der Waals surface area contributed by atoms with Gasteiger partial charge in [0.05, 0.1) is 5.69 Å². The molecule has 1 aromatic heterocycles. The highest BCUT2D eigenvalue weighted by Crippen LogP contribution is 2.39. The molecule has 0 spiro atoms. The summed E-state index contributed by atoms with van der Waals surface area (Å²) in [5, 5.41) is 0. The number of benzene rings is 1. The quantitative estimate of drug-likeness (QED) is 0.934. The Balaban J connectivity index is 1.72. The topological polar surface area (TPSA) is 68.5 Å². The van der Waals surface area contributed by atoms with E-state index in [9.17, 15) is 4.79 Å². The minimum absolute atomic E-state index is 0.0185. The van der Waals surface area contributed by atoms with Crippen LogP contribution >= 0.6 is 0 Å². The van der Waals surface area contributed by atoms with Crippen LogP contribution in [0.15, 0.2) is 30.5 Å². The molecular weight excluding hydrogens is 314 g/mol. The maximum Gasteiger partial charge on any atom is 0.253 e. The monoisotopic (exact) mass is 337 g/mol. The maximum absolute atomic E-state index is 12.7. The summed E-state index contributed by atoms with van der Waals surface area (Å²) < 4.78 is 6.04. The molecule has 1 fully saturated rings. The molecule has 4 rings (SSSR count). The van der Waals surface area contributed by atoms with Crippen LogP contribution in [0.1, 0.15) is 34.3 Å². The lowest BCUT2D eigenvalue weighted by atomic mass is 9.99. The molecule has 2 aliphatic rings. The van der Waals surface area contributed by atoms with Gasteiger partial charge in [0.25, 0.3) is 5.91 Å². The van der Waals surface area contributed by atoms with Crippen LogP contribution in [0, 0.1) is 6.92 Å². The highest BCUT2D eigenvalue weighted by Gasteiger charge is 2.26. The Kier molecular flexibility index (Phi) is 4.17. The number of rotatable bonds is 3. The van der Waals surface area contributed by atoms with E-state index in [2.05, 4.69) is 24.0 Å². The third-order valence-electron chi connectivity index (χ3n) is 4.98. The van der Waals surface area contributed by atoms with Crippen molar-refractivity contribution >= 4 is 5.91 Å². The van der Waals surface area contributed by atoms with Crippen molar-refractivity contribution in [3.05, 3.63) is 47.2 Å². The molecule has 0 unspecified atom stereocenters. The molecule has 5 heteroatoms. The van der Waals surface area contributed by atoms with E-state index in [1.807, 2.05) is 11.0 Å². The van der Waals surface area contributed by atoms with Crippen LogP contribution in [-0.4, -0.2) is 41.5 Å². The van der Waals surface area contributed by atoms with Gasteiger partial charge in [0.2, 0.25) is 0 Å². The number of aromatic nitrogens is 1. The lowest BCUT2D eigenvalue weighted by Gasteiger charge is -2.16. The van der Waals surface area contributed by atoms with Crippen LogP contribution in [0.25, 0.3) is 11.3 Å². The predicted octanol–water partition coefficient (Wildman–Crippen LogP) is 2.56. The zero-order valence-corrected chi connectivity index (χ0v) is 14.5. The highest BCUT2D eigenvalue weighted by molar-refractivity contribution is 5.95. The van der Waals surface area contributed by atoms with E-state index >= 15 is 0 Å². The molecule has 0 aliphatic carbocycles. The van der Waals surface area contributed by atoms with E-state index in [4.69, 9.17) is 10.5 Å². The first-order valence-corrected chi connectivity index (χ1v) is 8.91. The molecule has 2 aliphatic heterocycles. The first-order chi connectivity index (χ1) is 12.2. The minimum Gasteiger partial charge on any atom is -0.488 e. The summed E-state index contributed by atoms with van der Waals surface area (Å²) in [6.45, 7) is 4.25. The van der Waals surface area contributed by atoms with Crippen LogP contribution in [0.4, 0.5) is 0 Å². The van der Waals surface area contributed by atoms with Gasteiger partial charge in [-0.3, -0.25) is 9.78 Å². The normalized spacial score (nSPS) is 19.0. The van der Waals surface area contributed by atoms with E-state index < -0.39 is 0 Å². The van der Waals surface area contributed by atoms with Crippen LogP contribution in [0.2, 0.25) is 0 Å². The fraction of sp³-hybridized carbons (Fsp3) is 0.400. The minimum atomic E-state index is 0.0185. The SMILES string of the molecule is Cc1cc2c(c(-c3cc(C(=O)N4CCCC4)ccn3)c1)O[C@H](CN)C2. The Morgan fingerprint density at radius 3 is 2.88 bits per heavy atom. The van der Waals surface area contributed by atoms with E-state index in [0.29, 0.717) is 12.1 Å². The molecule has 3 heterocycles. The molecule has 1 saturated heterocycles. The molecule has 25 heavy (non-hydrogen) atoms. The second-order valence-corrected chi connectivity index (χ2v) is 6.91.